The number of allylic oxidation sites excluding steroid dienone is 3. The van der Waals surface area contributed by atoms with E-state index in [2.05, 4.69) is 96.9 Å². The van der Waals surface area contributed by atoms with Gasteiger partial charge in [0.2, 0.25) is 0 Å². The van der Waals surface area contributed by atoms with Crippen LogP contribution in [-0.2, 0) is 19.6 Å². The molecule has 9 rings (SSSR count). The minimum absolute atomic E-state index is 0. The Morgan fingerprint density at radius 3 is 0.871 bits per heavy atom. The van der Waals surface area contributed by atoms with Crippen LogP contribution in [0, 0.1) is 0 Å². The average Bonchev–Trinajstić information content (AvgIpc) is 4.28. The number of sulfonamides is 1. The molecule has 0 atom stereocenters. The van der Waals surface area contributed by atoms with Crippen LogP contribution in [0.25, 0.3) is 0 Å². The van der Waals surface area contributed by atoms with Gasteiger partial charge in [-0.2, -0.15) is 38.0 Å². The van der Waals surface area contributed by atoms with Gasteiger partial charge in [0.1, 0.15) is 36.6 Å². The standard InChI is InChI=1S/C4H4N2O.C4H4N2.C4H3NO.C4H3NS.2C3H3N3.2C3H2N2O.C3H3NO2S.18C2H6.CH4/c7-4-2-1-3-5-6-4;1-2-6-4-3-5-1;2*6-4-2-1-3-5-4;1-4-2-6-3-5-1;1-2-5-6-3-4-1;6-3-1-4-2-5-3;6-3-4-1-2-5-3;5-7(6)3-1-2-4-7;18*1-2;/h1-3H,(H,6,7);1-4H;4*1-3H;2*1-2H;1-3H;18*1-2H3;1H4. The maximum atomic E-state index is 10.2. The second kappa shape index (κ2) is 185. The fourth-order valence-corrected chi connectivity index (χ4v) is 3.00. The Balaban J connectivity index is -0.0000000367. The van der Waals surface area contributed by atoms with E-state index in [4.69, 9.17) is 0 Å². The predicted molar refractivity (Wildman–Crippen MR) is 421 cm³/mol. The van der Waals surface area contributed by atoms with E-state index in [0.717, 1.165) is 5.41 Å². The second-order valence-corrected chi connectivity index (χ2v) is 10.3. The van der Waals surface area contributed by atoms with Gasteiger partial charge in [0.15, 0.2) is 0 Å². The Morgan fingerprint density at radius 1 is 0.376 bits per heavy atom. The van der Waals surface area contributed by atoms with Crippen LogP contribution in [0.4, 0.5) is 4.79 Å². The van der Waals surface area contributed by atoms with E-state index in [0.29, 0.717) is 4.99 Å². The zero-order valence-electron chi connectivity index (χ0n) is 64.4. The van der Waals surface area contributed by atoms with Crippen LogP contribution in [0.3, 0.4) is 0 Å². The van der Waals surface area contributed by atoms with Crippen molar-refractivity contribution in [2.45, 2.75) is 257 Å². The molecule has 0 unspecified atom stereocenters. The molecule has 0 aromatic carbocycles. The van der Waals surface area contributed by atoms with Crippen molar-refractivity contribution in [1.82, 2.24) is 50.3 Å². The summed E-state index contributed by atoms with van der Waals surface area (Å²) in [7, 11) is -3.16. The van der Waals surface area contributed by atoms with Gasteiger partial charge in [0, 0.05) is 68.0 Å². The Bertz CT molecular complexity index is 1870. The van der Waals surface area contributed by atoms with Gasteiger partial charge in [-0.15, -0.1) is 5.10 Å². The quantitative estimate of drug-likeness (QED) is 0.160. The van der Waals surface area contributed by atoms with Gasteiger partial charge >= 0.3 is 6.03 Å². The Hall–Kier alpha value is -8.06. The first-order valence-electron chi connectivity index (χ1n) is 32.7. The van der Waals surface area contributed by atoms with Gasteiger partial charge in [0.25, 0.3) is 27.4 Å². The van der Waals surface area contributed by atoms with E-state index in [-0.39, 0.29) is 24.8 Å². The van der Waals surface area contributed by atoms with Gasteiger partial charge in [-0.25, -0.2) is 44.8 Å². The topological polar surface area (TPSA) is 321 Å². The first-order valence-corrected chi connectivity index (χ1v) is 34.6. The predicted octanol–water partition coefficient (Wildman–Crippen LogP) is 20.0. The number of H-pyrrole nitrogens is 1. The summed E-state index contributed by atoms with van der Waals surface area (Å²) >= 11 is 4.63. The van der Waals surface area contributed by atoms with Gasteiger partial charge in [-0.1, -0.05) is 269 Å². The highest BCUT2D eigenvalue weighted by Crippen LogP contribution is 1.97. The summed E-state index contributed by atoms with van der Waals surface area (Å²) in [6, 6.07) is 2.58. The second-order valence-electron chi connectivity index (χ2n) is 8.34. The highest BCUT2D eigenvalue weighted by Gasteiger charge is 2.01. The monoisotopic (exact) mass is 1350 g/mol. The largest absolute Gasteiger partial charge is 0.367 e. The van der Waals surface area contributed by atoms with Crippen molar-refractivity contribution < 1.29 is 22.8 Å². The number of urea groups is 1. The van der Waals surface area contributed by atoms with Crippen LogP contribution in [-0.4, -0.2) is 125 Å². The lowest BCUT2D eigenvalue weighted by Gasteiger charge is -1.73. The van der Waals surface area contributed by atoms with E-state index in [1.54, 1.807) is 55.4 Å². The molecule has 5 aliphatic rings. The summed E-state index contributed by atoms with van der Waals surface area (Å²) in [4.78, 5) is 82.5. The number of hydrogen-bond acceptors (Lipinski definition) is 17. The van der Waals surface area contributed by atoms with Crippen LogP contribution < -0.4 is 5.56 Å². The summed E-state index contributed by atoms with van der Waals surface area (Å²) in [6.07, 6.45) is 34.4. The molecule has 5 aliphatic heterocycles. The molecule has 0 radical (unpaired) electrons. The van der Waals surface area contributed by atoms with Crippen LogP contribution in [0.1, 0.15) is 257 Å². The highest BCUT2D eigenvalue weighted by molar-refractivity contribution is 7.93. The van der Waals surface area contributed by atoms with E-state index >= 15 is 0 Å². The average molecular weight is 1360 g/mol. The smallest absolute Gasteiger partial charge is 0.268 e. The molecule has 0 bridgehead atoms. The van der Waals surface area contributed by atoms with Crippen molar-refractivity contribution >= 4 is 88.7 Å². The molecule has 1 N–H and O–H groups in total. The number of carbonyl (C=O) groups is 3. The molecular formula is C68H139N17O6S2. The highest BCUT2D eigenvalue weighted by atomic mass is 32.2. The van der Waals surface area contributed by atoms with Crippen LogP contribution in [0.5, 0.6) is 0 Å². The third-order valence-corrected chi connectivity index (χ3v) is 5.49. The lowest BCUT2D eigenvalue weighted by Crippen LogP contribution is -2.02. The summed E-state index contributed by atoms with van der Waals surface area (Å²) in [5.74, 6) is -0.426. The lowest BCUT2D eigenvalue weighted by atomic mass is 10.6. The SMILES string of the molecule is C.CC.CC.CC.CC.CC.CC.CC.CC.CC.CC.CC.CC.CC.CC.CC.CC.CC.CC.O=C1C=CC=N1.O=C1C=NC=N1.O=C1N=CC=N1.O=S1(=O)C=CC=N1.O=c1cccn[nH]1.S=C1C=CC=N1.c1cnccn1.c1cnncn1.c1ncncn1. The molecule has 0 spiro atoms. The van der Waals surface area contributed by atoms with Crippen molar-refractivity contribution in [2.24, 2.45) is 34.4 Å². The number of carbonyl (C=O) groups excluding carboxylic acids is 3. The molecule has 0 saturated carbocycles. The van der Waals surface area contributed by atoms with Gasteiger partial charge in [-0.05, 0) is 30.4 Å². The number of aliphatic imine (C=N–C) groups is 6. The fourth-order valence-electron chi connectivity index (χ4n) is 2.28. The van der Waals surface area contributed by atoms with Crippen molar-refractivity contribution in [3.05, 3.63) is 127 Å². The molecule has 544 valence electrons. The molecule has 93 heavy (non-hydrogen) atoms. The number of aromatic amines is 1. The summed E-state index contributed by atoms with van der Waals surface area (Å²) in [5, 5.41) is 13.6. The molecule has 25 heteroatoms. The normalized spacial score (nSPS) is 9.51. The zero-order chi connectivity index (χ0) is 76.8. The minimum atomic E-state index is -3.16. The van der Waals surface area contributed by atoms with E-state index in [9.17, 15) is 27.6 Å². The Labute approximate surface area is 577 Å². The first-order chi connectivity index (χ1) is 45.2. The Morgan fingerprint density at radius 2 is 0.763 bits per heavy atom. The van der Waals surface area contributed by atoms with E-state index in [1.807, 2.05) is 255 Å². The van der Waals surface area contributed by atoms with Crippen molar-refractivity contribution in [3.63, 3.8) is 0 Å². The summed E-state index contributed by atoms with van der Waals surface area (Å²) < 4.78 is 23.4. The van der Waals surface area contributed by atoms with Gasteiger partial charge in [-0.3, -0.25) is 24.4 Å². The molecular weight excluding hydrogens is 1210 g/mol. The first kappa shape index (κ1) is 138. The lowest BCUT2D eigenvalue weighted by molar-refractivity contribution is -0.113. The van der Waals surface area contributed by atoms with Crippen LogP contribution in [0.2, 0.25) is 0 Å². The molecule has 4 aromatic rings. The van der Waals surface area contributed by atoms with E-state index < -0.39 is 16.1 Å². The number of rotatable bonds is 0. The number of thiocarbonyl (C=S) groups is 1. The number of hydrogen-bond donors (Lipinski definition) is 1. The van der Waals surface area contributed by atoms with Crippen molar-refractivity contribution in [1.29, 1.82) is 0 Å². The fraction of sp³-hybridized carbons (Fsp3) is 0.544. The molecule has 4 amide bonds. The summed E-state index contributed by atoms with van der Waals surface area (Å²) in [6.45, 7) is 72.0. The van der Waals surface area contributed by atoms with Crippen LogP contribution >= 0.6 is 12.2 Å². The molecule has 4 aromatic heterocycles. The Kier molecular flexibility index (Phi) is 273. The number of amides is 4. The zero-order valence-corrected chi connectivity index (χ0v) is 66.1. The van der Waals surface area contributed by atoms with Crippen molar-refractivity contribution in [2.75, 3.05) is 0 Å². The summed E-state index contributed by atoms with van der Waals surface area (Å²) in [5.41, 5.74) is -0.164. The van der Waals surface area contributed by atoms with E-state index in [1.165, 1.54) is 93.3 Å². The number of aromatic nitrogens is 10. The number of nitrogens with one attached hydrogen (secondary N) is 1. The van der Waals surface area contributed by atoms with Gasteiger partial charge in [0.05, 0.1) is 30.2 Å². The number of nitrogens with zero attached hydrogens (tertiary/aromatic N) is 16. The molecule has 23 nitrogen and oxygen atoms in total. The maximum Gasteiger partial charge on any atom is 0.367 e. The molecule has 0 saturated heterocycles. The maximum absolute atomic E-state index is 10.2. The molecule has 0 aliphatic carbocycles. The van der Waals surface area contributed by atoms with Crippen molar-refractivity contribution in [3.8, 4) is 0 Å². The minimum Gasteiger partial charge on any atom is -0.268 e. The molecule has 0 fully saturated rings. The van der Waals surface area contributed by atoms with Gasteiger partial charge < -0.3 is 0 Å². The third-order valence-electron chi connectivity index (χ3n) is 4.34. The molecule has 9 heterocycles. The third kappa shape index (κ3) is 187. The van der Waals surface area contributed by atoms with Crippen LogP contribution in [0.15, 0.2) is 156 Å².